The zero-order valence-corrected chi connectivity index (χ0v) is 14.3. The second-order valence-corrected chi connectivity index (χ2v) is 4.46. The number of hydrogen-bond donors (Lipinski definition) is 1. The third-order valence-corrected chi connectivity index (χ3v) is 3.10. The van der Waals surface area contributed by atoms with Crippen LogP contribution in [0.1, 0.15) is 53.9 Å². The number of piperidine rings is 1. The van der Waals surface area contributed by atoms with Gasteiger partial charge in [-0.3, -0.25) is 0 Å². The summed E-state index contributed by atoms with van der Waals surface area (Å²) in [6.07, 6.45) is 3.92. The molecule has 1 aliphatic heterocycles. The van der Waals surface area contributed by atoms with Gasteiger partial charge >= 0.3 is 0 Å². The number of likely N-dealkylation sites (N-methyl/N-ethyl adjacent to an activating group) is 1. The van der Waals surface area contributed by atoms with E-state index in [2.05, 4.69) is 17.1 Å². The fraction of sp³-hybridized carbons (Fsp3) is 1.00. The maximum absolute atomic E-state index is 5.63. The van der Waals surface area contributed by atoms with Gasteiger partial charge in [-0.15, -0.1) is 0 Å². The molecular formula is C16H38N2O. The number of nitrogens with zero attached hydrogens (tertiary/aromatic N) is 1. The number of nitrogens with one attached hydrogen (secondary N) is 1. The SMILES string of the molecule is CC.CC.CCCN1CCC(COCCNC)CC1. The van der Waals surface area contributed by atoms with Crippen LogP contribution in [0.15, 0.2) is 0 Å². The van der Waals surface area contributed by atoms with E-state index in [0.717, 1.165) is 25.7 Å². The van der Waals surface area contributed by atoms with E-state index in [0.29, 0.717) is 0 Å². The van der Waals surface area contributed by atoms with Gasteiger partial charge in [0.2, 0.25) is 0 Å². The van der Waals surface area contributed by atoms with E-state index < -0.39 is 0 Å². The molecule has 0 aromatic heterocycles. The Morgan fingerprint density at radius 1 is 1.11 bits per heavy atom. The van der Waals surface area contributed by atoms with Gasteiger partial charge in [0.15, 0.2) is 0 Å². The Kier molecular flexibility index (Phi) is 19.9. The van der Waals surface area contributed by atoms with Crippen molar-refractivity contribution in [3.05, 3.63) is 0 Å². The molecule has 1 aliphatic rings. The minimum atomic E-state index is 0.801. The summed E-state index contributed by atoms with van der Waals surface area (Å²) in [5, 5.41) is 3.10. The highest BCUT2D eigenvalue weighted by Crippen LogP contribution is 2.17. The van der Waals surface area contributed by atoms with E-state index in [1.54, 1.807) is 0 Å². The Bertz CT molecular complexity index is 143. The molecule has 0 aromatic rings. The lowest BCUT2D eigenvalue weighted by Gasteiger charge is -2.31. The maximum Gasteiger partial charge on any atom is 0.0590 e. The number of ether oxygens (including phenoxy) is 1. The molecule has 19 heavy (non-hydrogen) atoms. The van der Waals surface area contributed by atoms with Crippen LogP contribution in [-0.2, 0) is 4.74 Å². The second kappa shape index (κ2) is 17.9. The third-order valence-electron chi connectivity index (χ3n) is 3.10. The van der Waals surface area contributed by atoms with Gasteiger partial charge in [-0.1, -0.05) is 34.6 Å². The molecule has 0 aromatic carbocycles. The largest absolute Gasteiger partial charge is 0.380 e. The van der Waals surface area contributed by atoms with Crippen molar-refractivity contribution in [2.75, 3.05) is 46.4 Å². The topological polar surface area (TPSA) is 24.5 Å². The van der Waals surface area contributed by atoms with Gasteiger partial charge in [0.05, 0.1) is 6.61 Å². The first kappa shape index (κ1) is 21.2. The lowest BCUT2D eigenvalue weighted by atomic mass is 9.98. The quantitative estimate of drug-likeness (QED) is 0.720. The molecule has 1 heterocycles. The van der Waals surface area contributed by atoms with Crippen molar-refractivity contribution in [3.63, 3.8) is 0 Å². The van der Waals surface area contributed by atoms with Crippen molar-refractivity contribution in [3.8, 4) is 0 Å². The Morgan fingerprint density at radius 3 is 2.16 bits per heavy atom. The summed E-state index contributed by atoms with van der Waals surface area (Å²) in [5.41, 5.74) is 0. The molecule has 3 nitrogen and oxygen atoms in total. The number of likely N-dealkylation sites (tertiary alicyclic amines) is 1. The molecule has 118 valence electrons. The Labute approximate surface area is 122 Å². The van der Waals surface area contributed by atoms with Crippen LogP contribution in [0.2, 0.25) is 0 Å². The molecule has 1 N–H and O–H groups in total. The molecular weight excluding hydrogens is 236 g/mol. The highest BCUT2D eigenvalue weighted by molar-refractivity contribution is 4.71. The van der Waals surface area contributed by atoms with Crippen molar-refractivity contribution in [2.45, 2.75) is 53.9 Å². The van der Waals surface area contributed by atoms with Gasteiger partial charge in [-0.05, 0) is 51.9 Å². The summed E-state index contributed by atoms with van der Waals surface area (Å²) in [6, 6.07) is 0. The molecule has 1 saturated heterocycles. The van der Waals surface area contributed by atoms with Crippen LogP contribution in [0.5, 0.6) is 0 Å². The van der Waals surface area contributed by atoms with E-state index in [4.69, 9.17) is 4.74 Å². The van der Waals surface area contributed by atoms with Gasteiger partial charge in [0.25, 0.3) is 0 Å². The normalized spacial score (nSPS) is 16.1. The zero-order valence-electron chi connectivity index (χ0n) is 14.3. The molecule has 0 atom stereocenters. The summed E-state index contributed by atoms with van der Waals surface area (Å²) < 4.78 is 5.63. The lowest BCUT2D eigenvalue weighted by Crippen LogP contribution is -2.35. The predicted octanol–water partition coefficient (Wildman–Crippen LogP) is 3.40. The van der Waals surface area contributed by atoms with Crippen LogP contribution in [0.3, 0.4) is 0 Å². The smallest absolute Gasteiger partial charge is 0.0590 e. The van der Waals surface area contributed by atoms with Crippen LogP contribution in [0.4, 0.5) is 0 Å². The van der Waals surface area contributed by atoms with Crippen LogP contribution < -0.4 is 5.32 Å². The first-order valence-electron chi connectivity index (χ1n) is 8.31. The van der Waals surface area contributed by atoms with Crippen LogP contribution >= 0.6 is 0 Å². The zero-order chi connectivity index (χ0) is 14.9. The van der Waals surface area contributed by atoms with Crippen molar-refractivity contribution in [2.24, 2.45) is 5.92 Å². The molecule has 0 saturated carbocycles. The first-order chi connectivity index (χ1) is 9.36. The van der Waals surface area contributed by atoms with Gasteiger partial charge in [-0.25, -0.2) is 0 Å². The van der Waals surface area contributed by atoms with Gasteiger partial charge in [0.1, 0.15) is 0 Å². The monoisotopic (exact) mass is 274 g/mol. The predicted molar refractivity (Wildman–Crippen MR) is 86.9 cm³/mol. The van der Waals surface area contributed by atoms with Crippen LogP contribution in [-0.4, -0.2) is 51.3 Å². The molecule has 1 fully saturated rings. The summed E-state index contributed by atoms with van der Waals surface area (Å²) in [7, 11) is 1.96. The average molecular weight is 274 g/mol. The first-order valence-corrected chi connectivity index (χ1v) is 8.31. The molecule has 0 amide bonds. The molecule has 0 unspecified atom stereocenters. The van der Waals surface area contributed by atoms with Crippen LogP contribution in [0, 0.1) is 5.92 Å². The molecule has 0 radical (unpaired) electrons. The fourth-order valence-corrected chi connectivity index (χ4v) is 2.12. The Balaban J connectivity index is 0. The standard InChI is InChI=1S/C12H26N2O.2C2H6/c1-3-7-14-8-4-12(5-9-14)11-15-10-6-13-2;2*1-2/h12-13H,3-11H2,1-2H3;2*1-2H3. The maximum atomic E-state index is 5.63. The molecule has 0 spiro atoms. The van der Waals surface area contributed by atoms with Crippen molar-refractivity contribution >= 4 is 0 Å². The molecule has 0 aliphatic carbocycles. The fourth-order valence-electron chi connectivity index (χ4n) is 2.12. The Hall–Kier alpha value is -0.120. The minimum absolute atomic E-state index is 0.801. The average Bonchev–Trinajstić information content (AvgIpc) is 2.50. The molecule has 1 rings (SSSR count). The highest BCUT2D eigenvalue weighted by atomic mass is 16.5. The van der Waals surface area contributed by atoms with E-state index in [-0.39, 0.29) is 0 Å². The van der Waals surface area contributed by atoms with Gasteiger partial charge < -0.3 is 15.0 Å². The van der Waals surface area contributed by atoms with Crippen molar-refractivity contribution in [1.29, 1.82) is 0 Å². The van der Waals surface area contributed by atoms with Gasteiger partial charge in [0, 0.05) is 13.2 Å². The minimum Gasteiger partial charge on any atom is -0.380 e. The van der Waals surface area contributed by atoms with E-state index in [1.165, 1.54) is 38.9 Å². The van der Waals surface area contributed by atoms with E-state index in [9.17, 15) is 0 Å². The van der Waals surface area contributed by atoms with Gasteiger partial charge in [-0.2, -0.15) is 0 Å². The van der Waals surface area contributed by atoms with Crippen molar-refractivity contribution in [1.82, 2.24) is 10.2 Å². The molecule has 0 bridgehead atoms. The summed E-state index contributed by atoms with van der Waals surface area (Å²) >= 11 is 0. The molecule has 3 heteroatoms. The number of hydrogen-bond acceptors (Lipinski definition) is 3. The second-order valence-electron chi connectivity index (χ2n) is 4.46. The summed E-state index contributed by atoms with van der Waals surface area (Å²) in [6.45, 7) is 16.9. The third kappa shape index (κ3) is 12.6. The Morgan fingerprint density at radius 2 is 1.68 bits per heavy atom. The summed E-state index contributed by atoms with van der Waals surface area (Å²) in [5.74, 6) is 0.801. The lowest BCUT2D eigenvalue weighted by molar-refractivity contribution is 0.0691. The highest BCUT2D eigenvalue weighted by Gasteiger charge is 2.18. The number of rotatable bonds is 7. The van der Waals surface area contributed by atoms with Crippen molar-refractivity contribution < 1.29 is 4.74 Å². The van der Waals surface area contributed by atoms with E-state index >= 15 is 0 Å². The van der Waals surface area contributed by atoms with E-state index in [1.807, 2.05) is 34.7 Å². The summed E-state index contributed by atoms with van der Waals surface area (Å²) in [4.78, 5) is 2.57. The van der Waals surface area contributed by atoms with Crippen LogP contribution in [0.25, 0.3) is 0 Å².